The van der Waals surface area contributed by atoms with E-state index >= 15 is 0 Å². The van der Waals surface area contributed by atoms with Gasteiger partial charge in [0.2, 0.25) is 0 Å². The Kier molecular flexibility index (Phi) is 6.69. The van der Waals surface area contributed by atoms with E-state index in [-0.39, 0.29) is 29.6 Å². The monoisotopic (exact) mass is 385 g/mol. The fraction of sp³-hybridized carbons (Fsp3) is 0.556. The van der Waals surface area contributed by atoms with E-state index in [1.54, 1.807) is 17.0 Å². The summed E-state index contributed by atoms with van der Waals surface area (Å²) in [6.07, 6.45) is 0.747. The van der Waals surface area contributed by atoms with Crippen molar-refractivity contribution in [2.24, 2.45) is 10.7 Å². The van der Waals surface area contributed by atoms with E-state index in [2.05, 4.69) is 4.99 Å². The van der Waals surface area contributed by atoms with Gasteiger partial charge in [-0.3, -0.25) is 0 Å². The minimum absolute atomic E-state index is 0.00203. The van der Waals surface area contributed by atoms with Crippen LogP contribution in [0, 0.1) is 5.82 Å². The number of rotatable bonds is 4. The molecular formula is C18H25ClFN3O3. The molecule has 144 valence electrons. The van der Waals surface area contributed by atoms with Crippen LogP contribution in [-0.4, -0.2) is 47.5 Å². The molecule has 0 unspecified atom stereocenters. The Bertz CT molecular complexity index is 668. The zero-order valence-corrected chi connectivity index (χ0v) is 16.1. The van der Waals surface area contributed by atoms with Gasteiger partial charge >= 0.3 is 6.09 Å². The van der Waals surface area contributed by atoms with Crippen molar-refractivity contribution < 1.29 is 18.7 Å². The fourth-order valence-electron chi connectivity index (χ4n) is 2.53. The molecule has 8 heteroatoms. The lowest BCUT2D eigenvalue weighted by atomic mass is 10.1. The maximum Gasteiger partial charge on any atom is 0.410 e. The number of piperidine rings is 1. The summed E-state index contributed by atoms with van der Waals surface area (Å²) >= 11 is 5.62. The number of aliphatic imine (C=N–C) groups is 1. The first-order valence-corrected chi connectivity index (χ1v) is 9.05. The molecule has 0 radical (unpaired) electrons. The molecule has 2 rings (SSSR count). The molecule has 1 aromatic carbocycles. The van der Waals surface area contributed by atoms with Gasteiger partial charge < -0.3 is 20.1 Å². The molecule has 0 aromatic heterocycles. The van der Waals surface area contributed by atoms with E-state index in [1.807, 2.05) is 20.8 Å². The number of amides is 1. The number of nitrogens with two attached hydrogens (primary N) is 1. The summed E-state index contributed by atoms with van der Waals surface area (Å²) in [6, 6.07) is 4.48. The van der Waals surface area contributed by atoms with E-state index in [0.29, 0.717) is 31.7 Å². The van der Waals surface area contributed by atoms with Crippen molar-refractivity contribution >= 4 is 29.2 Å². The van der Waals surface area contributed by atoms with Crippen LogP contribution in [0.2, 0.25) is 0 Å². The van der Waals surface area contributed by atoms with Gasteiger partial charge in [-0.1, -0.05) is 6.07 Å². The first-order chi connectivity index (χ1) is 12.2. The average Bonchev–Trinajstić information content (AvgIpc) is 2.57. The molecule has 0 bridgehead atoms. The summed E-state index contributed by atoms with van der Waals surface area (Å²) in [4.78, 5) is 17.8. The number of alkyl halides is 1. The highest BCUT2D eigenvalue weighted by Gasteiger charge is 2.28. The van der Waals surface area contributed by atoms with Gasteiger partial charge in [-0.25, -0.2) is 14.2 Å². The third-order valence-corrected chi connectivity index (χ3v) is 4.00. The molecule has 0 aliphatic carbocycles. The van der Waals surface area contributed by atoms with E-state index in [0.717, 1.165) is 0 Å². The number of benzene rings is 1. The Morgan fingerprint density at radius 1 is 1.38 bits per heavy atom. The maximum atomic E-state index is 14.1. The highest BCUT2D eigenvalue weighted by molar-refractivity contribution is 6.28. The predicted octanol–water partition coefficient (Wildman–Crippen LogP) is 3.83. The Morgan fingerprint density at radius 2 is 2.04 bits per heavy atom. The second-order valence-electron chi connectivity index (χ2n) is 7.11. The van der Waals surface area contributed by atoms with Crippen LogP contribution in [0.4, 0.5) is 14.9 Å². The smallest absolute Gasteiger partial charge is 0.410 e. The number of likely N-dealkylation sites (tertiary alicyclic amines) is 1. The molecule has 1 heterocycles. The molecule has 26 heavy (non-hydrogen) atoms. The van der Waals surface area contributed by atoms with Crippen molar-refractivity contribution in [3.05, 3.63) is 24.0 Å². The van der Waals surface area contributed by atoms with Crippen LogP contribution >= 0.6 is 11.6 Å². The molecule has 0 spiro atoms. The standard InChI is InChI=1S/C18H25ClFN3O3/c1-18(2,3)26-17(24)23-9-7-12(8-10-23)25-14-6-4-5-13(20)16(14)22-15(21)11-19/h4-6,12H,7-11H2,1-3H3,(H2,21,22). The SMILES string of the molecule is CC(C)(C)OC(=O)N1CCC(Oc2cccc(F)c2N=C(N)CCl)CC1. The molecule has 0 saturated carbocycles. The highest BCUT2D eigenvalue weighted by Crippen LogP contribution is 2.32. The maximum absolute atomic E-state index is 14.1. The molecule has 0 atom stereocenters. The largest absolute Gasteiger partial charge is 0.488 e. The van der Waals surface area contributed by atoms with Crippen molar-refractivity contribution in [3.63, 3.8) is 0 Å². The molecule has 1 saturated heterocycles. The lowest BCUT2D eigenvalue weighted by Crippen LogP contribution is -2.44. The van der Waals surface area contributed by atoms with Crippen molar-refractivity contribution in [1.82, 2.24) is 4.90 Å². The number of halogens is 2. The van der Waals surface area contributed by atoms with Gasteiger partial charge in [0.25, 0.3) is 0 Å². The molecule has 1 aromatic rings. The Balaban J connectivity index is 2.00. The first kappa shape index (κ1) is 20.3. The molecular weight excluding hydrogens is 361 g/mol. The van der Waals surface area contributed by atoms with Crippen LogP contribution in [0.5, 0.6) is 5.75 Å². The normalized spacial score (nSPS) is 16.5. The number of hydrogen-bond donors (Lipinski definition) is 1. The third-order valence-electron chi connectivity index (χ3n) is 3.73. The lowest BCUT2D eigenvalue weighted by Gasteiger charge is -2.33. The van der Waals surface area contributed by atoms with E-state index in [1.165, 1.54) is 6.07 Å². The van der Waals surface area contributed by atoms with Crippen LogP contribution in [0.1, 0.15) is 33.6 Å². The third kappa shape index (κ3) is 5.76. The summed E-state index contributed by atoms with van der Waals surface area (Å²) in [5, 5.41) is 0. The second kappa shape index (κ2) is 8.58. The molecule has 2 N–H and O–H groups in total. The van der Waals surface area contributed by atoms with E-state index < -0.39 is 11.4 Å². The number of amidine groups is 1. The predicted molar refractivity (Wildman–Crippen MR) is 99.9 cm³/mol. The average molecular weight is 386 g/mol. The molecule has 1 aliphatic heterocycles. The van der Waals surface area contributed by atoms with E-state index in [9.17, 15) is 9.18 Å². The Morgan fingerprint density at radius 3 is 2.62 bits per heavy atom. The molecule has 1 amide bonds. The lowest BCUT2D eigenvalue weighted by molar-refractivity contribution is 0.0127. The molecule has 1 aliphatic rings. The van der Waals surface area contributed by atoms with Gasteiger partial charge in [0.05, 0.1) is 5.88 Å². The highest BCUT2D eigenvalue weighted by atomic mass is 35.5. The van der Waals surface area contributed by atoms with E-state index in [4.69, 9.17) is 26.8 Å². The summed E-state index contributed by atoms with van der Waals surface area (Å²) in [5.41, 5.74) is 5.13. The molecule has 6 nitrogen and oxygen atoms in total. The minimum atomic E-state index is -0.527. The Labute approximate surface area is 158 Å². The fourth-order valence-corrected chi connectivity index (χ4v) is 2.59. The van der Waals surface area contributed by atoms with Gasteiger partial charge in [-0.15, -0.1) is 11.6 Å². The number of hydrogen-bond acceptors (Lipinski definition) is 4. The van der Waals surface area contributed by atoms with Crippen LogP contribution < -0.4 is 10.5 Å². The van der Waals surface area contributed by atoms with Crippen molar-refractivity contribution in [3.8, 4) is 5.75 Å². The summed E-state index contributed by atoms with van der Waals surface area (Å²) < 4.78 is 25.4. The van der Waals surface area contributed by atoms with Crippen LogP contribution in [0.25, 0.3) is 0 Å². The van der Waals surface area contributed by atoms with Crippen molar-refractivity contribution in [1.29, 1.82) is 0 Å². The summed E-state index contributed by atoms with van der Waals surface area (Å²) in [6.45, 7) is 6.52. The number of carbonyl (C=O) groups is 1. The first-order valence-electron chi connectivity index (χ1n) is 8.51. The summed E-state index contributed by atoms with van der Waals surface area (Å²) in [5.74, 6) is -0.0981. The van der Waals surface area contributed by atoms with Crippen LogP contribution in [0.3, 0.4) is 0 Å². The van der Waals surface area contributed by atoms with Gasteiger partial charge in [-0.05, 0) is 32.9 Å². The number of ether oxygens (including phenoxy) is 2. The minimum Gasteiger partial charge on any atom is -0.488 e. The zero-order chi connectivity index (χ0) is 19.3. The quantitative estimate of drug-likeness (QED) is 0.485. The summed E-state index contributed by atoms with van der Waals surface area (Å²) in [7, 11) is 0. The van der Waals surface area contributed by atoms with Gasteiger partial charge in [0, 0.05) is 25.9 Å². The number of nitrogens with zero attached hydrogens (tertiary/aromatic N) is 2. The topological polar surface area (TPSA) is 77.1 Å². The number of carbonyl (C=O) groups excluding carboxylic acids is 1. The Hall–Kier alpha value is -2.02. The second-order valence-corrected chi connectivity index (χ2v) is 7.38. The van der Waals surface area contributed by atoms with Crippen LogP contribution in [-0.2, 0) is 4.74 Å². The van der Waals surface area contributed by atoms with Crippen molar-refractivity contribution in [2.75, 3.05) is 19.0 Å². The van der Waals surface area contributed by atoms with Gasteiger partial charge in [0.1, 0.15) is 29.0 Å². The van der Waals surface area contributed by atoms with Gasteiger partial charge in [0.15, 0.2) is 5.82 Å². The molecule has 1 fully saturated rings. The van der Waals surface area contributed by atoms with Crippen molar-refractivity contribution in [2.45, 2.75) is 45.3 Å². The van der Waals surface area contributed by atoms with Gasteiger partial charge in [-0.2, -0.15) is 0 Å². The number of para-hydroxylation sites is 1. The zero-order valence-electron chi connectivity index (χ0n) is 15.3. The van der Waals surface area contributed by atoms with Crippen LogP contribution in [0.15, 0.2) is 23.2 Å².